The summed E-state index contributed by atoms with van der Waals surface area (Å²) in [6, 6.07) is 9.30. The van der Waals surface area contributed by atoms with Crippen LogP contribution in [-0.2, 0) is 9.47 Å². The summed E-state index contributed by atoms with van der Waals surface area (Å²) in [5, 5.41) is 13.6. The van der Waals surface area contributed by atoms with Crippen molar-refractivity contribution in [1.82, 2.24) is 4.90 Å². The van der Waals surface area contributed by atoms with Crippen molar-refractivity contribution >= 4 is 11.8 Å². The van der Waals surface area contributed by atoms with E-state index in [2.05, 4.69) is 5.32 Å². The summed E-state index contributed by atoms with van der Waals surface area (Å²) in [6.45, 7) is 0.369. The van der Waals surface area contributed by atoms with Gasteiger partial charge in [-0.2, -0.15) is 0 Å². The zero-order chi connectivity index (χ0) is 13.5. The number of benzene rings is 1. The van der Waals surface area contributed by atoms with Crippen molar-refractivity contribution in [3.63, 3.8) is 0 Å². The highest BCUT2D eigenvalue weighted by Gasteiger charge is 2.58. The molecule has 6 heteroatoms. The first-order chi connectivity index (χ1) is 9.13. The summed E-state index contributed by atoms with van der Waals surface area (Å²) in [4.78, 5) is 12.8. The lowest BCUT2D eigenvalue weighted by atomic mass is 10.0. The zero-order valence-corrected chi connectivity index (χ0v) is 10.6. The lowest BCUT2D eigenvalue weighted by Gasteiger charge is -2.31. The van der Waals surface area contributed by atoms with Gasteiger partial charge in [0.15, 0.2) is 0 Å². The van der Waals surface area contributed by atoms with Crippen LogP contribution in [0.3, 0.4) is 0 Å². The Labute approximate surface area is 110 Å². The zero-order valence-electron chi connectivity index (χ0n) is 10.6. The van der Waals surface area contributed by atoms with E-state index in [1.165, 1.54) is 4.90 Å². The van der Waals surface area contributed by atoms with Crippen LogP contribution in [0.5, 0.6) is 0 Å². The van der Waals surface area contributed by atoms with Crippen LogP contribution in [-0.4, -0.2) is 54.2 Å². The molecule has 0 aliphatic carbocycles. The largest absolute Gasteiger partial charge is 0.444 e. The third-order valence-electron chi connectivity index (χ3n) is 3.73. The predicted molar refractivity (Wildman–Crippen MR) is 67.7 cm³/mol. The van der Waals surface area contributed by atoms with Gasteiger partial charge in [-0.15, -0.1) is 0 Å². The number of anilines is 1. The molecular formula is C13H16N2O4. The number of para-hydroxylation sites is 1. The topological polar surface area (TPSA) is 71.0 Å². The van der Waals surface area contributed by atoms with Gasteiger partial charge in [0.25, 0.3) is 0 Å². The minimum absolute atomic E-state index is 0.0521. The highest BCUT2D eigenvalue weighted by Crippen LogP contribution is 2.35. The van der Waals surface area contributed by atoms with Crippen LogP contribution in [0.2, 0.25) is 0 Å². The molecule has 2 aliphatic rings. The Kier molecular flexibility index (Phi) is 2.83. The summed E-state index contributed by atoms with van der Waals surface area (Å²) in [6.07, 6.45) is -1.32. The Hall–Kier alpha value is -1.79. The van der Waals surface area contributed by atoms with Crippen LogP contribution in [0.15, 0.2) is 30.3 Å². The fourth-order valence-corrected chi connectivity index (χ4v) is 2.53. The van der Waals surface area contributed by atoms with Gasteiger partial charge in [0.1, 0.15) is 12.7 Å². The van der Waals surface area contributed by atoms with E-state index in [-0.39, 0.29) is 12.6 Å². The third-order valence-corrected chi connectivity index (χ3v) is 3.73. The van der Waals surface area contributed by atoms with Gasteiger partial charge in [0.05, 0.1) is 12.6 Å². The molecule has 0 saturated carbocycles. The summed E-state index contributed by atoms with van der Waals surface area (Å²) >= 11 is 0. The number of aliphatic hydroxyl groups excluding tert-OH is 1. The number of hydrogen-bond acceptors (Lipinski definition) is 5. The smallest absolute Gasteiger partial charge is 0.412 e. The molecule has 3 rings (SSSR count). The van der Waals surface area contributed by atoms with Crippen molar-refractivity contribution < 1.29 is 19.4 Å². The Balaban J connectivity index is 1.76. The van der Waals surface area contributed by atoms with E-state index in [0.29, 0.717) is 6.61 Å². The number of cyclic esters (lactones) is 1. The molecule has 0 radical (unpaired) electrons. The Morgan fingerprint density at radius 3 is 2.79 bits per heavy atom. The molecule has 2 fully saturated rings. The maximum absolute atomic E-state index is 11.4. The van der Waals surface area contributed by atoms with Crippen LogP contribution in [0, 0.1) is 0 Å². The van der Waals surface area contributed by atoms with Crippen LogP contribution in [0.1, 0.15) is 0 Å². The van der Waals surface area contributed by atoms with E-state index in [9.17, 15) is 9.90 Å². The molecule has 6 nitrogen and oxygen atoms in total. The van der Waals surface area contributed by atoms with Crippen LogP contribution in [0.25, 0.3) is 0 Å². The first kappa shape index (κ1) is 12.3. The molecule has 19 heavy (non-hydrogen) atoms. The second-order valence-corrected chi connectivity index (χ2v) is 4.83. The third kappa shape index (κ3) is 1.84. The van der Waals surface area contributed by atoms with Crippen LogP contribution < -0.4 is 5.32 Å². The molecule has 0 bridgehead atoms. The molecule has 2 N–H and O–H groups in total. The van der Waals surface area contributed by atoms with Gasteiger partial charge in [-0.05, 0) is 12.1 Å². The van der Waals surface area contributed by atoms with Gasteiger partial charge in [0.2, 0.25) is 5.72 Å². The minimum atomic E-state index is -1.07. The van der Waals surface area contributed by atoms with E-state index in [0.717, 1.165) is 5.69 Å². The number of likely N-dealkylation sites (N-methyl/N-ethyl adjacent to an activating group) is 1. The lowest BCUT2D eigenvalue weighted by Crippen LogP contribution is -2.55. The number of carbonyl (C=O) groups excluding carboxylic acids is 1. The molecule has 102 valence electrons. The summed E-state index contributed by atoms with van der Waals surface area (Å²) in [7, 11) is 1.57. The standard InChI is InChI=1S/C13H16N2O4/c1-15-12(17)18-8-13(15)11(16)10(7-19-13)14-9-5-3-2-4-6-9/h2-6,10-11,14,16H,7-8H2,1H3/t10-,11+,13+/m0/s1. The van der Waals surface area contributed by atoms with E-state index in [1.807, 2.05) is 30.3 Å². The fourth-order valence-electron chi connectivity index (χ4n) is 2.53. The second-order valence-electron chi connectivity index (χ2n) is 4.83. The average Bonchev–Trinajstić information content (AvgIpc) is 2.89. The van der Waals surface area contributed by atoms with E-state index < -0.39 is 17.9 Å². The quantitative estimate of drug-likeness (QED) is 0.820. The molecule has 2 aliphatic heterocycles. The number of aliphatic hydroxyl groups is 1. The van der Waals surface area contributed by atoms with E-state index in [4.69, 9.17) is 9.47 Å². The van der Waals surface area contributed by atoms with Gasteiger partial charge in [-0.25, -0.2) is 4.79 Å². The molecule has 1 aromatic carbocycles. The number of nitrogens with zero attached hydrogens (tertiary/aromatic N) is 1. The number of ether oxygens (including phenoxy) is 2. The van der Waals surface area contributed by atoms with Crippen molar-refractivity contribution in [2.45, 2.75) is 17.9 Å². The highest BCUT2D eigenvalue weighted by molar-refractivity contribution is 5.70. The molecule has 0 aromatic heterocycles. The van der Waals surface area contributed by atoms with Crippen LogP contribution >= 0.6 is 0 Å². The maximum atomic E-state index is 11.4. The number of hydrogen-bond donors (Lipinski definition) is 2. The maximum Gasteiger partial charge on any atom is 0.412 e. The Bertz CT molecular complexity index is 481. The Morgan fingerprint density at radius 2 is 2.16 bits per heavy atom. The minimum Gasteiger partial charge on any atom is -0.444 e. The normalized spacial score (nSPS) is 33.8. The van der Waals surface area contributed by atoms with Crippen molar-refractivity contribution in [1.29, 1.82) is 0 Å². The van der Waals surface area contributed by atoms with Crippen molar-refractivity contribution in [3.05, 3.63) is 30.3 Å². The van der Waals surface area contributed by atoms with Gasteiger partial charge >= 0.3 is 6.09 Å². The number of rotatable bonds is 2. The fraction of sp³-hybridized carbons (Fsp3) is 0.462. The molecule has 2 heterocycles. The Morgan fingerprint density at radius 1 is 1.42 bits per heavy atom. The van der Waals surface area contributed by atoms with Gasteiger partial charge in [-0.3, -0.25) is 4.90 Å². The van der Waals surface area contributed by atoms with Crippen LogP contribution in [0.4, 0.5) is 10.5 Å². The van der Waals surface area contributed by atoms with Gasteiger partial charge < -0.3 is 19.9 Å². The van der Waals surface area contributed by atoms with Crippen molar-refractivity contribution in [3.8, 4) is 0 Å². The first-order valence-electron chi connectivity index (χ1n) is 6.18. The predicted octanol–water partition coefficient (Wildman–Crippen LogP) is 0.636. The molecule has 1 amide bonds. The first-order valence-corrected chi connectivity index (χ1v) is 6.18. The highest BCUT2D eigenvalue weighted by atomic mass is 16.6. The molecular weight excluding hydrogens is 248 g/mol. The second kappa shape index (κ2) is 4.40. The summed E-state index contributed by atoms with van der Waals surface area (Å²) in [5.74, 6) is 0. The monoisotopic (exact) mass is 264 g/mol. The van der Waals surface area contributed by atoms with E-state index >= 15 is 0 Å². The molecule has 1 spiro atoms. The van der Waals surface area contributed by atoms with Gasteiger partial charge in [0, 0.05) is 12.7 Å². The van der Waals surface area contributed by atoms with Crippen molar-refractivity contribution in [2.24, 2.45) is 0 Å². The van der Waals surface area contributed by atoms with Crippen molar-refractivity contribution in [2.75, 3.05) is 25.6 Å². The lowest BCUT2D eigenvalue weighted by molar-refractivity contribution is -0.124. The number of amides is 1. The molecule has 1 aromatic rings. The number of nitrogens with one attached hydrogen (secondary N) is 1. The summed E-state index contributed by atoms with van der Waals surface area (Å²) < 4.78 is 10.6. The molecule has 2 saturated heterocycles. The average molecular weight is 264 g/mol. The molecule has 3 atom stereocenters. The van der Waals surface area contributed by atoms with Gasteiger partial charge in [-0.1, -0.05) is 18.2 Å². The number of carbonyl (C=O) groups is 1. The van der Waals surface area contributed by atoms with E-state index in [1.54, 1.807) is 7.05 Å². The SMILES string of the molecule is CN1C(=O)OC[C@]12OC[C@H](Nc1ccccc1)[C@H]2O. The molecule has 0 unspecified atom stereocenters. The summed E-state index contributed by atoms with van der Waals surface area (Å²) in [5.41, 5.74) is -0.163.